The lowest BCUT2D eigenvalue weighted by molar-refractivity contribution is -0.123. The molecule has 0 unspecified atom stereocenters. The quantitative estimate of drug-likeness (QED) is 0.472. The van der Waals surface area contributed by atoms with Crippen LogP contribution in [0, 0.1) is 19.7 Å². The summed E-state index contributed by atoms with van der Waals surface area (Å²) in [4.78, 5) is 29.8. The van der Waals surface area contributed by atoms with Crippen molar-refractivity contribution in [1.82, 2.24) is 5.32 Å². The maximum absolute atomic E-state index is 14.3. The highest BCUT2D eigenvalue weighted by atomic mass is 19.1. The zero-order valence-electron chi connectivity index (χ0n) is 21.1. The first-order valence-electron chi connectivity index (χ1n) is 12.8. The largest absolute Gasteiger partial charge is 0.486 e. The third kappa shape index (κ3) is 5.17. The SMILES string of the molecule is Cc1cccc(C)c1N(C(=O)c1ccc2c(c1)OCCO2)[C@H](C(=O)NC1CCCC1)c1ccc(F)cc1. The molecular weight excluding hydrogens is 471 g/mol. The van der Waals surface area contributed by atoms with Gasteiger partial charge in [-0.3, -0.25) is 14.5 Å². The van der Waals surface area contributed by atoms with E-state index in [0.29, 0.717) is 41.5 Å². The number of hydrogen-bond donors (Lipinski definition) is 1. The molecule has 2 amide bonds. The molecule has 0 spiro atoms. The van der Waals surface area contributed by atoms with E-state index in [-0.39, 0.29) is 17.9 Å². The minimum absolute atomic E-state index is 0.0552. The Balaban J connectivity index is 1.64. The summed E-state index contributed by atoms with van der Waals surface area (Å²) in [5.74, 6) is 0.0237. The number of anilines is 1. The number of nitrogens with zero attached hydrogens (tertiary/aromatic N) is 1. The number of fused-ring (bicyclic) bond motifs is 1. The van der Waals surface area contributed by atoms with Gasteiger partial charge in [-0.1, -0.05) is 43.2 Å². The summed E-state index contributed by atoms with van der Waals surface area (Å²) in [6.07, 6.45) is 3.93. The summed E-state index contributed by atoms with van der Waals surface area (Å²) in [7, 11) is 0. The van der Waals surface area contributed by atoms with Crippen LogP contribution in [0.5, 0.6) is 11.5 Å². The Bertz CT molecular complexity index is 1280. The second-order valence-electron chi connectivity index (χ2n) is 9.72. The molecule has 0 aromatic heterocycles. The van der Waals surface area contributed by atoms with Gasteiger partial charge in [0.1, 0.15) is 25.1 Å². The number of hydrogen-bond acceptors (Lipinski definition) is 4. The number of carbonyl (C=O) groups excluding carboxylic acids is 2. The molecule has 3 aromatic rings. The summed E-state index contributed by atoms with van der Waals surface area (Å²) < 4.78 is 25.3. The van der Waals surface area contributed by atoms with Crippen molar-refractivity contribution in [2.24, 2.45) is 0 Å². The van der Waals surface area contributed by atoms with Gasteiger partial charge >= 0.3 is 0 Å². The third-order valence-electron chi connectivity index (χ3n) is 7.08. The summed E-state index contributed by atoms with van der Waals surface area (Å²) in [6.45, 7) is 4.68. The predicted octanol–water partition coefficient (Wildman–Crippen LogP) is 5.66. The standard InChI is InChI=1S/C30H31FN2O4/c1-19-6-5-7-20(2)27(19)33(30(35)22-12-15-25-26(18-22)37-17-16-36-25)28(21-10-13-23(31)14-11-21)29(34)32-24-8-3-4-9-24/h5-7,10-15,18,24,28H,3-4,8-9,16-17H2,1-2H3,(H,32,34)/t28-/m0/s1. The first-order valence-corrected chi connectivity index (χ1v) is 12.8. The number of aryl methyl sites for hydroxylation is 2. The molecule has 37 heavy (non-hydrogen) atoms. The number of ether oxygens (including phenoxy) is 2. The second kappa shape index (κ2) is 10.6. The number of halogens is 1. The van der Waals surface area contributed by atoms with Gasteiger partial charge in [0.25, 0.3) is 5.91 Å². The van der Waals surface area contributed by atoms with Gasteiger partial charge in [-0.2, -0.15) is 0 Å². The molecule has 1 fully saturated rings. The van der Waals surface area contributed by atoms with Crippen molar-refractivity contribution in [3.8, 4) is 11.5 Å². The summed E-state index contributed by atoms with van der Waals surface area (Å²) in [6, 6.07) is 15.7. The van der Waals surface area contributed by atoms with Crippen molar-refractivity contribution < 1.29 is 23.5 Å². The van der Waals surface area contributed by atoms with Crippen molar-refractivity contribution in [3.05, 3.63) is 88.7 Å². The van der Waals surface area contributed by atoms with Crippen LogP contribution in [-0.2, 0) is 4.79 Å². The fraction of sp³-hybridized carbons (Fsp3) is 0.333. The van der Waals surface area contributed by atoms with Crippen molar-refractivity contribution in [2.45, 2.75) is 51.6 Å². The van der Waals surface area contributed by atoms with Crippen LogP contribution in [0.2, 0.25) is 0 Å². The molecule has 5 rings (SSSR count). The summed E-state index contributed by atoms with van der Waals surface area (Å²) in [5.41, 5.74) is 3.26. The number of para-hydroxylation sites is 1. The normalized spacial score (nSPS) is 15.8. The van der Waals surface area contributed by atoms with E-state index in [4.69, 9.17) is 9.47 Å². The van der Waals surface area contributed by atoms with Crippen LogP contribution < -0.4 is 19.7 Å². The number of nitrogens with one attached hydrogen (secondary N) is 1. The van der Waals surface area contributed by atoms with E-state index < -0.39 is 11.9 Å². The Morgan fingerprint density at radius 3 is 2.24 bits per heavy atom. The van der Waals surface area contributed by atoms with E-state index in [1.165, 1.54) is 12.1 Å². The minimum atomic E-state index is -0.998. The molecule has 192 valence electrons. The van der Waals surface area contributed by atoms with Gasteiger partial charge in [0.15, 0.2) is 11.5 Å². The van der Waals surface area contributed by atoms with Crippen molar-refractivity contribution in [1.29, 1.82) is 0 Å². The van der Waals surface area contributed by atoms with Gasteiger partial charge in [0.05, 0.1) is 5.69 Å². The van der Waals surface area contributed by atoms with Crippen molar-refractivity contribution >= 4 is 17.5 Å². The van der Waals surface area contributed by atoms with Crippen LogP contribution in [0.1, 0.15) is 58.8 Å². The molecule has 7 heteroatoms. The van der Waals surface area contributed by atoms with E-state index in [0.717, 1.165) is 36.8 Å². The molecule has 3 aromatic carbocycles. The van der Waals surface area contributed by atoms with Crippen molar-refractivity contribution in [2.75, 3.05) is 18.1 Å². The topological polar surface area (TPSA) is 67.9 Å². The van der Waals surface area contributed by atoms with Crippen LogP contribution in [0.25, 0.3) is 0 Å². The maximum Gasteiger partial charge on any atom is 0.259 e. The summed E-state index contributed by atoms with van der Waals surface area (Å²) >= 11 is 0. The van der Waals surface area contributed by atoms with E-state index in [2.05, 4.69) is 5.32 Å². The maximum atomic E-state index is 14.3. The van der Waals surface area contributed by atoms with Gasteiger partial charge in [0, 0.05) is 11.6 Å². The molecule has 0 radical (unpaired) electrons. The minimum Gasteiger partial charge on any atom is -0.486 e. The number of amides is 2. The van der Waals surface area contributed by atoms with Gasteiger partial charge in [0.2, 0.25) is 5.91 Å². The van der Waals surface area contributed by atoms with Crippen LogP contribution in [0.15, 0.2) is 60.7 Å². The molecule has 0 saturated heterocycles. The lowest BCUT2D eigenvalue weighted by Gasteiger charge is -2.34. The zero-order valence-corrected chi connectivity index (χ0v) is 21.1. The highest BCUT2D eigenvalue weighted by molar-refractivity contribution is 6.11. The van der Waals surface area contributed by atoms with Crippen LogP contribution in [0.3, 0.4) is 0 Å². The summed E-state index contributed by atoms with van der Waals surface area (Å²) in [5, 5.41) is 3.17. The van der Waals surface area contributed by atoms with E-state index in [1.54, 1.807) is 35.2 Å². The molecule has 1 N–H and O–H groups in total. The number of carbonyl (C=O) groups is 2. The van der Waals surface area contributed by atoms with Gasteiger partial charge < -0.3 is 14.8 Å². The van der Waals surface area contributed by atoms with Crippen molar-refractivity contribution in [3.63, 3.8) is 0 Å². The molecular formula is C30H31FN2O4. The zero-order chi connectivity index (χ0) is 25.9. The van der Waals surface area contributed by atoms with Gasteiger partial charge in [-0.05, 0) is 73.7 Å². The molecule has 0 bridgehead atoms. The number of benzene rings is 3. The van der Waals surface area contributed by atoms with Gasteiger partial charge in [-0.25, -0.2) is 4.39 Å². The highest BCUT2D eigenvalue weighted by Gasteiger charge is 2.36. The van der Waals surface area contributed by atoms with Gasteiger partial charge in [-0.15, -0.1) is 0 Å². The molecule has 6 nitrogen and oxygen atoms in total. The van der Waals surface area contributed by atoms with E-state index in [1.807, 2.05) is 32.0 Å². The predicted molar refractivity (Wildman–Crippen MR) is 140 cm³/mol. The Labute approximate surface area is 216 Å². The average Bonchev–Trinajstić information content (AvgIpc) is 3.41. The monoisotopic (exact) mass is 502 g/mol. The molecule has 1 atom stereocenters. The first-order chi connectivity index (χ1) is 17.9. The van der Waals surface area contributed by atoms with Crippen LogP contribution >= 0.6 is 0 Å². The van der Waals surface area contributed by atoms with E-state index >= 15 is 0 Å². The highest BCUT2D eigenvalue weighted by Crippen LogP contribution is 2.37. The Morgan fingerprint density at radius 1 is 0.919 bits per heavy atom. The molecule has 1 saturated carbocycles. The average molecular weight is 503 g/mol. The Morgan fingerprint density at radius 2 is 1.57 bits per heavy atom. The lowest BCUT2D eigenvalue weighted by atomic mass is 9.98. The Hall–Kier alpha value is -3.87. The first kappa shape index (κ1) is 24.8. The van der Waals surface area contributed by atoms with Crippen LogP contribution in [-0.4, -0.2) is 31.1 Å². The molecule has 1 heterocycles. The third-order valence-corrected chi connectivity index (χ3v) is 7.08. The fourth-order valence-electron chi connectivity index (χ4n) is 5.26. The molecule has 1 aliphatic carbocycles. The molecule has 2 aliphatic rings. The number of rotatable bonds is 6. The van der Waals surface area contributed by atoms with E-state index in [9.17, 15) is 14.0 Å². The van der Waals surface area contributed by atoms with Crippen LogP contribution in [0.4, 0.5) is 10.1 Å². The fourth-order valence-corrected chi connectivity index (χ4v) is 5.26. The Kier molecular flexibility index (Phi) is 7.12. The molecule has 1 aliphatic heterocycles. The lowest BCUT2D eigenvalue weighted by Crippen LogP contribution is -2.47. The smallest absolute Gasteiger partial charge is 0.259 e. The second-order valence-corrected chi connectivity index (χ2v) is 9.72.